The number of nitrogens with two attached hydrogens (primary N) is 1. The van der Waals surface area contributed by atoms with E-state index >= 15 is 0 Å². The molecule has 0 aliphatic rings. The average molecular weight is 227 g/mol. The molecule has 0 fully saturated rings. The molecule has 0 spiro atoms. The van der Waals surface area contributed by atoms with E-state index in [9.17, 15) is 4.57 Å². The highest BCUT2D eigenvalue weighted by Gasteiger charge is 2.14. The molecule has 0 aliphatic carbocycles. The van der Waals surface area contributed by atoms with Crippen LogP contribution in [0.1, 0.15) is 26.3 Å². The lowest BCUT2D eigenvalue weighted by atomic mass is 9.87. The van der Waals surface area contributed by atoms with E-state index in [2.05, 4.69) is 20.8 Å². The van der Waals surface area contributed by atoms with Crippen LogP contribution in [-0.2, 0) is 9.98 Å². The van der Waals surface area contributed by atoms with E-state index in [-0.39, 0.29) is 5.41 Å². The van der Waals surface area contributed by atoms with Gasteiger partial charge in [0.25, 0.3) is 0 Å². The summed E-state index contributed by atoms with van der Waals surface area (Å²) in [7, 11) is -2.94. The molecule has 2 N–H and O–H groups in total. The first-order valence-electron chi connectivity index (χ1n) is 4.85. The molecule has 15 heavy (non-hydrogen) atoms. The Kier molecular flexibility index (Phi) is 3.27. The summed E-state index contributed by atoms with van der Waals surface area (Å²) in [5.74, 6) is 0.552. The minimum absolute atomic E-state index is 0.108. The highest BCUT2D eigenvalue weighted by atomic mass is 31.2. The van der Waals surface area contributed by atoms with Crippen molar-refractivity contribution in [3.63, 3.8) is 0 Å². The molecule has 1 aromatic carbocycles. The molecule has 0 aliphatic heterocycles. The molecule has 4 heteroatoms. The van der Waals surface area contributed by atoms with Crippen LogP contribution < -0.4 is 10.0 Å². The molecule has 1 aromatic rings. The second-order valence-corrected chi connectivity index (χ2v) is 6.77. The van der Waals surface area contributed by atoms with Crippen LogP contribution in [0.3, 0.4) is 0 Å². The van der Waals surface area contributed by atoms with Crippen molar-refractivity contribution in [1.82, 2.24) is 0 Å². The van der Waals surface area contributed by atoms with Gasteiger partial charge in [-0.2, -0.15) is 0 Å². The van der Waals surface area contributed by atoms with Gasteiger partial charge >= 0.3 is 7.52 Å². The summed E-state index contributed by atoms with van der Waals surface area (Å²) in [4.78, 5) is 0. The largest absolute Gasteiger partial charge is 0.433 e. The molecule has 0 saturated heterocycles. The van der Waals surface area contributed by atoms with Gasteiger partial charge in [-0.25, -0.2) is 5.50 Å². The van der Waals surface area contributed by atoms with Crippen molar-refractivity contribution in [1.29, 1.82) is 0 Å². The molecule has 0 aromatic heterocycles. The van der Waals surface area contributed by atoms with Gasteiger partial charge in [-0.3, -0.25) is 4.57 Å². The van der Waals surface area contributed by atoms with Gasteiger partial charge in [0.05, 0.1) is 0 Å². The fourth-order valence-electron chi connectivity index (χ4n) is 1.23. The minimum Gasteiger partial charge on any atom is -0.433 e. The second-order valence-electron chi connectivity index (χ2n) is 4.77. The number of hydrogen-bond donors (Lipinski definition) is 1. The Morgan fingerprint density at radius 3 is 2.00 bits per heavy atom. The monoisotopic (exact) mass is 227 g/mol. The van der Waals surface area contributed by atoms with Gasteiger partial charge in [-0.15, -0.1) is 0 Å². The lowest BCUT2D eigenvalue weighted by Crippen LogP contribution is -2.10. The molecular weight excluding hydrogens is 209 g/mol. The van der Waals surface area contributed by atoms with Crippen molar-refractivity contribution in [2.75, 3.05) is 6.66 Å². The Balaban J connectivity index is 2.87. The van der Waals surface area contributed by atoms with Gasteiger partial charge in [0.15, 0.2) is 0 Å². The standard InChI is InChI=1S/C11H18NO2P/c1-11(2,3)9-5-7-10(8-6-9)14-15(4,12)13/h5-8H,1-4H3,(H2,12,13)/t15-/m1/s1. The number of rotatable bonds is 2. The summed E-state index contributed by atoms with van der Waals surface area (Å²) in [6, 6.07) is 7.52. The lowest BCUT2D eigenvalue weighted by molar-refractivity contribution is 0.488. The van der Waals surface area contributed by atoms with E-state index in [1.165, 1.54) is 12.2 Å². The lowest BCUT2D eigenvalue weighted by Gasteiger charge is -2.19. The zero-order chi connectivity index (χ0) is 11.7. The highest BCUT2D eigenvalue weighted by molar-refractivity contribution is 7.56. The number of benzene rings is 1. The first-order valence-corrected chi connectivity index (χ1v) is 6.99. The Morgan fingerprint density at radius 1 is 1.20 bits per heavy atom. The van der Waals surface area contributed by atoms with E-state index in [1.807, 2.05) is 12.1 Å². The molecule has 1 atom stereocenters. The molecule has 0 bridgehead atoms. The summed E-state index contributed by atoms with van der Waals surface area (Å²) < 4.78 is 16.3. The minimum atomic E-state index is -2.94. The van der Waals surface area contributed by atoms with Crippen LogP contribution in [-0.4, -0.2) is 6.66 Å². The molecule has 0 radical (unpaired) electrons. The third-order valence-electron chi connectivity index (χ3n) is 2.01. The first-order chi connectivity index (χ1) is 6.68. The number of hydrogen-bond acceptors (Lipinski definition) is 2. The summed E-state index contributed by atoms with van der Waals surface area (Å²) in [5, 5.41) is 0. The fraction of sp³-hybridized carbons (Fsp3) is 0.455. The van der Waals surface area contributed by atoms with Crippen LogP contribution in [0.2, 0.25) is 0 Å². The van der Waals surface area contributed by atoms with E-state index in [4.69, 9.17) is 10.0 Å². The van der Waals surface area contributed by atoms with Gasteiger partial charge in [0.1, 0.15) is 5.75 Å². The molecule has 0 saturated carbocycles. The molecule has 1 rings (SSSR count). The smallest absolute Gasteiger partial charge is 0.310 e. The second kappa shape index (κ2) is 3.99. The zero-order valence-electron chi connectivity index (χ0n) is 9.65. The maximum absolute atomic E-state index is 11.2. The fourth-order valence-corrected chi connectivity index (χ4v) is 1.77. The normalized spacial score (nSPS) is 15.8. The van der Waals surface area contributed by atoms with Crippen molar-refractivity contribution in [3.05, 3.63) is 29.8 Å². The molecule has 0 amide bonds. The van der Waals surface area contributed by atoms with Gasteiger partial charge in [0.2, 0.25) is 0 Å². The Hall–Kier alpha value is -0.790. The first kappa shape index (κ1) is 12.3. The van der Waals surface area contributed by atoms with E-state index in [0.717, 1.165) is 0 Å². The molecule has 0 unspecified atom stereocenters. The maximum atomic E-state index is 11.2. The van der Waals surface area contributed by atoms with Gasteiger partial charge in [-0.05, 0) is 23.1 Å². The Bertz CT molecular complexity index is 373. The summed E-state index contributed by atoms with van der Waals surface area (Å²) >= 11 is 0. The quantitative estimate of drug-likeness (QED) is 0.789. The Labute approximate surface area is 91.1 Å². The van der Waals surface area contributed by atoms with Crippen LogP contribution in [0.15, 0.2) is 24.3 Å². The SMILES string of the molecule is CC(C)(C)c1ccc(O[P@](C)(N)=O)cc1. The third kappa shape index (κ3) is 4.06. The van der Waals surface area contributed by atoms with Gasteiger partial charge < -0.3 is 4.52 Å². The van der Waals surface area contributed by atoms with Gasteiger partial charge in [-0.1, -0.05) is 32.9 Å². The molecular formula is C11H18NO2P. The molecule has 3 nitrogen and oxygen atoms in total. The summed E-state index contributed by atoms with van der Waals surface area (Å²) in [6.45, 7) is 7.80. The van der Waals surface area contributed by atoms with Crippen LogP contribution >= 0.6 is 7.52 Å². The third-order valence-corrected chi connectivity index (χ3v) is 2.58. The molecule has 0 heterocycles. The predicted octanol–water partition coefficient (Wildman–Crippen LogP) is 3.14. The predicted molar refractivity (Wildman–Crippen MR) is 63.5 cm³/mol. The van der Waals surface area contributed by atoms with Crippen molar-refractivity contribution in [2.45, 2.75) is 26.2 Å². The van der Waals surface area contributed by atoms with Gasteiger partial charge in [0, 0.05) is 6.66 Å². The van der Waals surface area contributed by atoms with E-state index < -0.39 is 7.52 Å². The highest BCUT2D eigenvalue weighted by Crippen LogP contribution is 2.35. The van der Waals surface area contributed by atoms with Crippen molar-refractivity contribution in [3.8, 4) is 5.75 Å². The summed E-state index contributed by atoms with van der Waals surface area (Å²) in [6.07, 6.45) is 0. The zero-order valence-corrected chi connectivity index (χ0v) is 10.5. The van der Waals surface area contributed by atoms with Crippen LogP contribution in [0.25, 0.3) is 0 Å². The average Bonchev–Trinajstić information content (AvgIpc) is 2.00. The molecule has 84 valence electrons. The van der Waals surface area contributed by atoms with Crippen molar-refractivity contribution < 1.29 is 9.09 Å². The van der Waals surface area contributed by atoms with Crippen LogP contribution in [0.4, 0.5) is 0 Å². The van der Waals surface area contributed by atoms with E-state index in [1.54, 1.807) is 12.1 Å². The van der Waals surface area contributed by atoms with Crippen LogP contribution in [0, 0.1) is 0 Å². The van der Waals surface area contributed by atoms with Crippen LogP contribution in [0.5, 0.6) is 5.75 Å². The van der Waals surface area contributed by atoms with Crippen molar-refractivity contribution >= 4 is 7.52 Å². The van der Waals surface area contributed by atoms with Crippen molar-refractivity contribution in [2.24, 2.45) is 5.50 Å². The Morgan fingerprint density at radius 2 is 1.67 bits per heavy atom. The summed E-state index contributed by atoms with van der Waals surface area (Å²) in [5.41, 5.74) is 6.64. The van der Waals surface area contributed by atoms with E-state index in [0.29, 0.717) is 5.75 Å². The maximum Gasteiger partial charge on any atom is 0.310 e. The topological polar surface area (TPSA) is 52.3 Å².